The molecule has 2 aromatic carbocycles. The first-order chi connectivity index (χ1) is 14.7. The molecule has 158 valence electrons. The molecule has 2 aromatic heterocycles. The number of benzene rings is 2. The first-order valence-electron chi connectivity index (χ1n) is 9.39. The highest BCUT2D eigenvalue weighted by Crippen LogP contribution is 2.24. The van der Waals surface area contributed by atoms with Crippen molar-refractivity contribution in [3.05, 3.63) is 89.6 Å². The third-order valence-electron chi connectivity index (χ3n) is 4.78. The quantitative estimate of drug-likeness (QED) is 0.490. The van der Waals surface area contributed by atoms with Crippen molar-refractivity contribution in [2.24, 2.45) is 0 Å². The summed E-state index contributed by atoms with van der Waals surface area (Å²) in [5.41, 5.74) is 2.32. The zero-order valence-electron chi connectivity index (χ0n) is 16.8. The van der Waals surface area contributed by atoms with Crippen molar-refractivity contribution in [3.63, 3.8) is 0 Å². The molecule has 0 saturated carbocycles. The average Bonchev–Trinajstić information content (AvgIpc) is 3.17. The molecular formula is C22H19FN4O3S. The maximum absolute atomic E-state index is 13.9. The molecule has 0 bridgehead atoms. The van der Waals surface area contributed by atoms with Crippen LogP contribution >= 0.6 is 0 Å². The largest absolute Gasteiger partial charge is 0.321 e. The van der Waals surface area contributed by atoms with Crippen molar-refractivity contribution in [3.8, 4) is 0 Å². The molecule has 1 amide bonds. The fourth-order valence-corrected chi connectivity index (χ4v) is 4.50. The Bertz CT molecular complexity index is 1410. The fraction of sp³-hybridized carbons (Fsp3) is 0.0909. The summed E-state index contributed by atoms with van der Waals surface area (Å²) in [4.78, 5) is 16.9. The number of pyridine rings is 1. The van der Waals surface area contributed by atoms with Crippen molar-refractivity contribution < 1.29 is 17.6 Å². The number of rotatable bonds is 5. The molecule has 0 aliphatic rings. The number of aromatic nitrogens is 2. The molecule has 31 heavy (non-hydrogen) atoms. The number of amides is 1. The number of halogens is 1. The minimum Gasteiger partial charge on any atom is -0.321 e. The van der Waals surface area contributed by atoms with Gasteiger partial charge in [0.25, 0.3) is 15.9 Å². The molecule has 4 rings (SSSR count). The monoisotopic (exact) mass is 438 g/mol. The Morgan fingerprint density at radius 3 is 2.55 bits per heavy atom. The van der Waals surface area contributed by atoms with E-state index in [2.05, 4.69) is 15.0 Å². The van der Waals surface area contributed by atoms with Crippen LogP contribution in [0.1, 0.15) is 21.7 Å². The van der Waals surface area contributed by atoms with Crippen LogP contribution in [0.3, 0.4) is 0 Å². The van der Waals surface area contributed by atoms with E-state index in [0.29, 0.717) is 11.2 Å². The third-order valence-corrected chi connectivity index (χ3v) is 6.29. The van der Waals surface area contributed by atoms with Crippen LogP contribution in [-0.4, -0.2) is 23.7 Å². The van der Waals surface area contributed by atoms with Gasteiger partial charge in [0, 0.05) is 17.6 Å². The van der Waals surface area contributed by atoms with Gasteiger partial charge in [-0.05, 0) is 55.8 Å². The second-order valence-electron chi connectivity index (χ2n) is 7.04. The maximum Gasteiger partial charge on any atom is 0.275 e. The normalized spacial score (nSPS) is 11.5. The Morgan fingerprint density at radius 1 is 1.03 bits per heavy atom. The molecule has 0 fully saturated rings. The number of hydrogen-bond acceptors (Lipinski definition) is 4. The highest BCUT2D eigenvalue weighted by atomic mass is 32.2. The molecule has 0 aliphatic carbocycles. The van der Waals surface area contributed by atoms with Gasteiger partial charge in [-0.1, -0.05) is 24.3 Å². The van der Waals surface area contributed by atoms with Gasteiger partial charge < -0.3 is 9.72 Å². The number of nitrogens with zero attached hydrogens (tertiary/aromatic N) is 2. The highest BCUT2D eigenvalue weighted by molar-refractivity contribution is 7.92. The van der Waals surface area contributed by atoms with Crippen LogP contribution in [0.5, 0.6) is 0 Å². The Kier molecular flexibility index (Phi) is 5.20. The lowest BCUT2D eigenvalue weighted by molar-refractivity contribution is 0.102. The number of carbonyl (C=O) groups excluding carboxylic acids is 1. The van der Waals surface area contributed by atoms with E-state index in [9.17, 15) is 17.6 Å². The van der Waals surface area contributed by atoms with Crippen molar-refractivity contribution >= 4 is 33.0 Å². The number of anilines is 2. The Balaban J connectivity index is 1.62. The van der Waals surface area contributed by atoms with Gasteiger partial charge in [-0.25, -0.2) is 17.8 Å². The van der Waals surface area contributed by atoms with E-state index >= 15 is 0 Å². The number of fused-ring (bicyclic) bond motifs is 1. The van der Waals surface area contributed by atoms with Gasteiger partial charge in [0.1, 0.15) is 17.2 Å². The maximum atomic E-state index is 13.9. The number of sulfonamides is 1. The van der Waals surface area contributed by atoms with E-state index in [1.807, 2.05) is 19.1 Å². The molecule has 7 nitrogen and oxygen atoms in total. The van der Waals surface area contributed by atoms with Gasteiger partial charge in [0.15, 0.2) is 0 Å². The molecule has 9 heteroatoms. The highest BCUT2D eigenvalue weighted by Gasteiger charge is 2.20. The number of aryl methyl sites for hydroxylation is 2. The molecule has 0 saturated heterocycles. The van der Waals surface area contributed by atoms with Gasteiger partial charge in [-0.2, -0.15) is 0 Å². The van der Waals surface area contributed by atoms with E-state index in [-0.39, 0.29) is 22.0 Å². The zero-order valence-corrected chi connectivity index (χ0v) is 17.6. The van der Waals surface area contributed by atoms with Crippen molar-refractivity contribution in [1.82, 2.24) is 9.38 Å². The number of carbonyl (C=O) groups is 1. The second kappa shape index (κ2) is 7.84. The molecule has 0 unspecified atom stereocenters. The van der Waals surface area contributed by atoms with E-state index in [1.54, 1.807) is 35.7 Å². The molecule has 4 aromatic rings. The predicted octanol–water partition coefficient (Wildman–Crippen LogP) is 4.14. The lowest BCUT2D eigenvalue weighted by Gasteiger charge is -2.13. The smallest absolute Gasteiger partial charge is 0.275 e. The van der Waals surface area contributed by atoms with Crippen LogP contribution in [0.2, 0.25) is 0 Å². The Hall–Kier alpha value is -3.72. The van der Waals surface area contributed by atoms with Crippen molar-refractivity contribution in [2.45, 2.75) is 18.7 Å². The van der Waals surface area contributed by atoms with Crippen LogP contribution in [0.25, 0.3) is 5.65 Å². The van der Waals surface area contributed by atoms with Crippen LogP contribution in [0, 0.1) is 19.7 Å². The SMILES string of the molecule is Cc1ccc(NC(=O)c2cn3c(C)cccc3n2)cc1S(=O)(=O)Nc1ccccc1F. The van der Waals surface area contributed by atoms with Crippen LogP contribution < -0.4 is 10.0 Å². The van der Waals surface area contributed by atoms with Gasteiger partial charge >= 0.3 is 0 Å². The van der Waals surface area contributed by atoms with E-state index in [0.717, 1.165) is 11.8 Å². The summed E-state index contributed by atoms with van der Waals surface area (Å²) in [6.07, 6.45) is 1.62. The summed E-state index contributed by atoms with van der Waals surface area (Å²) in [7, 11) is -4.08. The van der Waals surface area contributed by atoms with Crippen molar-refractivity contribution in [1.29, 1.82) is 0 Å². The average molecular weight is 438 g/mol. The predicted molar refractivity (Wildman–Crippen MR) is 116 cm³/mol. The summed E-state index contributed by atoms with van der Waals surface area (Å²) in [5.74, 6) is -1.16. The minimum absolute atomic E-state index is 0.0700. The fourth-order valence-electron chi connectivity index (χ4n) is 3.16. The second-order valence-corrected chi connectivity index (χ2v) is 8.69. The number of hydrogen-bond donors (Lipinski definition) is 2. The summed E-state index contributed by atoms with van der Waals surface area (Å²) >= 11 is 0. The van der Waals surface area contributed by atoms with Crippen LogP contribution in [-0.2, 0) is 10.0 Å². The Morgan fingerprint density at radius 2 is 1.81 bits per heavy atom. The molecule has 0 spiro atoms. The number of para-hydroxylation sites is 1. The zero-order chi connectivity index (χ0) is 22.2. The minimum atomic E-state index is -4.08. The molecule has 2 N–H and O–H groups in total. The van der Waals surface area contributed by atoms with Gasteiger partial charge in [-0.15, -0.1) is 0 Å². The van der Waals surface area contributed by atoms with E-state index in [1.165, 1.54) is 24.3 Å². The third kappa shape index (κ3) is 4.13. The van der Waals surface area contributed by atoms with E-state index in [4.69, 9.17) is 0 Å². The lowest BCUT2D eigenvalue weighted by atomic mass is 10.2. The van der Waals surface area contributed by atoms with Gasteiger partial charge in [-0.3, -0.25) is 9.52 Å². The first kappa shape index (κ1) is 20.5. The van der Waals surface area contributed by atoms with Gasteiger partial charge in [0.05, 0.1) is 10.6 Å². The Labute approximate surface area is 178 Å². The van der Waals surface area contributed by atoms with Crippen molar-refractivity contribution in [2.75, 3.05) is 10.0 Å². The first-order valence-corrected chi connectivity index (χ1v) is 10.9. The molecular weight excluding hydrogens is 419 g/mol. The number of nitrogens with one attached hydrogen (secondary N) is 2. The number of imidazole rings is 1. The summed E-state index contributed by atoms with van der Waals surface area (Å²) in [5, 5.41) is 2.67. The van der Waals surface area contributed by atoms with E-state index < -0.39 is 21.7 Å². The molecule has 2 heterocycles. The molecule has 0 atom stereocenters. The molecule has 0 aliphatic heterocycles. The summed E-state index contributed by atoms with van der Waals surface area (Å²) in [6, 6.07) is 15.5. The van der Waals surface area contributed by atoms with Crippen LogP contribution in [0.4, 0.5) is 15.8 Å². The lowest BCUT2D eigenvalue weighted by Crippen LogP contribution is -2.17. The summed E-state index contributed by atoms with van der Waals surface area (Å²) < 4.78 is 43.6. The topological polar surface area (TPSA) is 92.6 Å². The standard InChI is InChI=1S/C22H19FN4O3S/c1-14-10-11-16(12-20(14)31(29,30)26-18-8-4-3-7-17(18)23)24-22(28)19-13-27-15(2)6-5-9-21(27)25-19/h3-13,26H,1-2H3,(H,24,28). The van der Waals surface area contributed by atoms with Crippen LogP contribution in [0.15, 0.2) is 71.8 Å². The molecule has 0 radical (unpaired) electrons. The summed E-state index contributed by atoms with van der Waals surface area (Å²) in [6.45, 7) is 3.52. The van der Waals surface area contributed by atoms with Gasteiger partial charge in [0.2, 0.25) is 0 Å².